The lowest BCUT2D eigenvalue weighted by atomic mass is 10.1. The van der Waals surface area contributed by atoms with Gasteiger partial charge in [0.2, 0.25) is 11.8 Å². The van der Waals surface area contributed by atoms with E-state index in [2.05, 4.69) is 10.3 Å². The van der Waals surface area contributed by atoms with Crippen molar-refractivity contribution in [2.45, 2.75) is 38.8 Å². The Hall–Kier alpha value is -1.62. The summed E-state index contributed by atoms with van der Waals surface area (Å²) in [5.74, 6) is 0.784. The maximum absolute atomic E-state index is 12.3. The highest BCUT2D eigenvalue weighted by Gasteiger charge is 2.21. The number of carbonyl (C=O) groups excluding carboxylic acids is 1. The highest BCUT2D eigenvalue weighted by atomic mass is 16.5. The average molecular weight is 277 g/mol. The smallest absolute Gasteiger partial charge is 0.239 e. The van der Waals surface area contributed by atoms with Crippen LogP contribution in [0, 0.1) is 0 Å². The number of carbonyl (C=O) groups is 1. The van der Waals surface area contributed by atoms with Gasteiger partial charge in [-0.05, 0) is 32.3 Å². The van der Waals surface area contributed by atoms with Crippen molar-refractivity contribution in [3.8, 4) is 5.88 Å². The molecule has 0 aromatic carbocycles. The largest absolute Gasteiger partial charge is 0.481 e. The fourth-order valence-corrected chi connectivity index (χ4v) is 2.40. The molecule has 1 aromatic heterocycles. The first-order chi connectivity index (χ1) is 9.70. The molecule has 110 valence electrons. The Morgan fingerprint density at radius 1 is 1.40 bits per heavy atom. The molecule has 1 aliphatic rings. The number of nitrogens with zero attached hydrogens (tertiary/aromatic N) is 2. The van der Waals surface area contributed by atoms with E-state index in [-0.39, 0.29) is 11.9 Å². The topological polar surface area (TPSA) is 54.5 Å². The summed E-state index contributed by atoms with van der Waals surface area (Å²) in [6.45, 7) is 4.26. The van der Waals surface area contributed by atoms with Gasteiger partial charge in [-0.1, -0.05) is 6.07 Å². The van der Waals surface area contributed by atoms with Crippen LogP contribution in [0.5, 0.6) is 5.88 Å². The van der Waals surface area contributed by atoms with Crippen LogP contribution in [0.25, 0.3) is 0 Å². The predicted octanol–water partition coefficient (Wildman–Crippen LogP) is 1.58. The zero-order valence-corrected chi connectivity index (χ0v) is 12.3. The minimum absolute atomic E-state index is 0.180. The van der Waals surface area contributed by atoms with E-state index in [1.807, 2.05) is 30.0 Å². The second-order valence-electron chi connectivity index (χ2n) is 5.16. The lowest BCUT2D eigenvalue weighted by molar-refractivity contribution is -0.133. The number of rotatable bonds is 5. The van der Waals surface area contributed by atoms with Crippen molar-refractivity contribution in [1.82, 2.24) is 15.2 Å². The summed E-state index contributed by atoms with van der Waals surface area (Å²) in [6, 6.07) is 5.46. The van der Waals surface area contributed by atoms with Crippen LogP contribution in [-0.4, -0.2) is 42.0 Å². The van der Waals surface area contributed by atoms with Gasteiger partial charge in [-0.25, -0.2) is 4.98 Å². The third-order valence-corrected chi connectivity index (χ3v) is 3.62. The van der Waals surface area contributed by atoms with E-state index in [0.29, 0.717) is 12.4 Å². The van der Waals surface area contributed by atoms with Gasteiger partial charge < -0.3 is 15.0 Å². The van der Waals surface area contributed by atoms with Gasteiger partial charge in [0.15, 0.2) is 0 Å². The molecule has 20 heavy (non-hydrogen) atoms. The van der Waals surface area contributed by atoms with E-state index in [9.17, 15) is 4.79 Å². The fraction of sp³-hybridized carbons (Fsp3) is 0.600. The van der Waals surface area contributed by atoms with E-state index in [4.69, 9.17) is 4.74 Å². The van der Waals surface area contributed by atoms with Gasteiger partial charge in [0.1, 0.15) is 0 Å². The van der Waals surface area contributed by atoms with Gasteiger partial charge in [-0.3, -0.25) is 4.79 Å². The zero-order valence-electron chi connectivity index (χ0n) is 12.3. The highest BCUT2D eigenvalue weighted by molar-refractivity contribution is 5.81. The van der Waals surface area contributed by atoms with Gasteiger partial charge in [0, 0.05) is 25.7 Å². The molecule has 5 nitrogen and oxygen atoms in total. The molecule has 2 rings (SSSR count). The monoisotopic (exact) mass is 277 g/mol. The summed E-state index contributed by atoms with van der Waals surface area (Å²) in [7, 11) is 1.60. The molecule has 0 bridgehead atoms. The molecule has 1 atom stereocenters. The van der Waals surface area contributed by atoms with E-state index in [1.54, 1.807) is 7.11 Å². The molecule has 1 aromatic rings. The number of amides is 1. The molecular weight excluding hydrogens is 254 g/mol. The number of methoxy groups -OCH3 is 1. The highest BCUT2D eigenvalue weighted by Crippen LogP contribution is 2.10. The van der Waals surface area contributed by atoms with Gasteiger partial charge in [0.05, 0.1) is 18.8 Å². The van der Waals surface area contributed by atoms with Crippen LogP contribution < -0.4 is 10.1 Å². The van der Waals surface area contributed by atoms with Crippen LogP contribution in [-0.2, 0) is 11.3 Å². The number of hydrogen-bond acceptors (Lipinski definition) is 4. The third kappa shape index (κ3) is 3.93. The van der Waals surface area contributed by atoms with Crippen molar-refractivity contribution in [2.75, 3.05) is 20.2 Å². The molecular formula is C15H23N3O2. The molecule has 1 saturated heterocycles. The Labute approximate surface area is 120 Å². The number of nitrogens with one attached hydrogen (secondary N) is 1. The zero-order chi connectivity index (χ0) is 14.4. The van der Waals surface area contributed by atoms with Crippen LogP contribution in [0.1, 0.15) is 31.9 Å². The number of hydrogen-bond donors (Lipinski definition) is 1. The van der Waals surface area contributed by atoms with Crippen molar-refractivity contribution < 1.29 is 9.53 Å². The number of pyridine rings is 1. The Balaban J connectivity index is 1.84. The summed E-state index contributed by atoms with van der Waals surface area (Å²) < 4.78 is 5.09. The predicted molar refractivity (Wildman–Crippen MR) is 77.5 cm³/mol. The average Bonchev–Trinajstić information content (AvgIpc) is 2.53. The van der Waals surface area contributed by atoms with E-state index in [1.165, 1.54) is 6.42 Å². The minimum Gasteiger partial charge on any atom is -0.481 e. The molecule has 1 N–H and O–H groups in total. The second kappa shape index (κ2) is 7.24. The molecule has 1 aliphatic heterocycles. The van der Waals surface area contributed by atoms with Crippen LogP contribution >= 0.6 is 0 Å². The SMILES string of the molecule is COc1cccc(CNC(C)C(=O)N2CCCCC2)n1. The van der Waals surface area contributed by atoms with E-state index in [0.717, 1.165) is 31.6 Å². The lowest BCUT2D eigenvalue weighted by Gasteiger charge is -2.29. The second-order valence-corrected chi connectivity index (χ2v) is 5.16. The number of piperidine rings is 1. The quantitative estimate of drug-likeness (QED) is 0.888. The molecule has 1 unspecified atom stereocenters. The van der Waals surface area contributed by atoms with Crippen molar-refractivity contribution in [2.24, 2.45) is 0 Å². The maximum Gasteiger partial charge on any atom is 0.239 e. The first-order valence-electron chi connectivity index (χ1n) is 7.23. The lowest BCUT2D eigenvalue weighted by Crippen LogP contribution is -2.46. The van der Waals surface area contributed by atoms with E-state index >= 15 is 0 Å². The summed E-state index contributed by atoms with van der Waals surface area (Å²) in [5.41, 5.74) is 0.877. The molecule has 0 saturated carbocycles. The summed E-state index contributed by atoms with van der Waals surface area (Å²) >= 11 is 0. The Morgan fingerprint density at radius 3 is 2.85 bits per heavy atom. The fourth-order valence-electron chi connectivity index (χ4n) is 2.40. The van der Waals surface area contributed by atoms with Crippen molar-refractivity contribution >= 4 is 5.91 Å². The molecule has 0 aliphatic carbocycles. The maximum atomic E-state index is 12.3. The molecule has 2 heterocycles. The van der Waals surface area contributed by atoms with Crippen molar-refractivity contribution in [1.29, 1.82) is 0 Å². The Bertz CT molecular complexity index is 444. The van der Waals surface area contributed by atoms with Crippen LogP contribution in [0.2, 0.25) is 0 Å². The number of aromatic nitrogens is 1. The van der Waals surface area contributed by atoms with Crippen molar-refractivity contribution in [3.63, 3.8) is 0 Å². The first kappa shape index (κ1) is 14.8. The van der Waals surface area contributed by atoms with Gasteiger partial charge >= 0.3 is 0 Å². The Morgan fingerprint density at radius 2 is 2.15 bits per heavy atom. The standard InChI is InChI=1S/C15H23N3O2/c1-12(15(19)18-9-4-3-5-10-18)16-11-13-7-6-8-14(17-13)20-2/h6-8,12,16H,3-5,9-11H2,1-2H3. The van der Waals surface area contributed by atoms with Gasteiger partial charge in [-0.2, -0.15) is 0 Å². The third-order valence-electron chi connectivity index (χ3n) is 3.62. The van der Waals surface area contributed by atoms with Crippen LogP contribution in [0.3, 0.4) is 0 Å². The minimum atomic E-state index is -0.180. The normalized spacial score (nSPS) is 16.8. The van der Waals surface area contributed by atoms with Crippen molar-refractivity contribution in [3.05, 3.63) is 23.9 Å². The Kier molecular flexibility index (Phi) is 5.35. The molecule has 1 amide bonds. The molecule has 5 heteroatoms. The molecule has 1 fully saturated rings. The molecule has 0 spiro atoms. The molecule has 0 radical (unpaired) electrons. The van der Waals surface area contributed by atoms with Crippen LogP contribution in [0.4, 0.5) is 0 Å². The number of likely N-dealkylation sites (tertiary alicyclic amines) is 1. The summed E-state index contributed by atoms with van der Waals surface area (Å²) in [5, 5.41) is 3.24. The van der Waals surface area contributed by atoms with E-state index < -0.39 is 0 Å². The van der Waals surface area contributed by atoms with Gasteiger partial charge in [-0.15, -0.1) is 0 Å². The summed E-state index contributed by atoms with van der Waals surface area (Å²) in [6.07, 6.45) is 3.48. The number of ether oxygens (including phenoxy) is 1. The first-order valence-corrected chi connectivity index (χ1v) is 7.23. The van der Waals surface area contributed by atoms with Gasteiger partial charge in [0.25, 0.3) is 0 Å². The summed E-state index contributed by atoms with van der Waals surface area (Å²) in [4.78, 5) is 18.5. The van der Waals surface area contributed by atoms with Crippen LogP contribution in [0.15, 0.2) is 18.2 Å².